The first-order valence-corrected chi connectivity index (χ1v) is 5.24. The summed E-state index contributed by atoms with van der Waals surface area (Å²) in [6.45, 7) is 2.71. The van der Waals surface area contributed by atoms with Crippen LogP contribution in [0.2, 0.25) is 0 Å². The normalized spacial score (nSPS) is 12.6. The van der Waals surface area contributed by atoms with E-state index in [2.05, 4.69) is 0 Å². The molecule has 1 atom stereocenters. The van der Waals surface area contributed by atoms with Crippen LogP contribution in [0.3, 0.4) is 0 Å². The molecule has 0 saturated heterocycles. The van der Waals surface area contributed by atoms with E-state index in [4.69, 9.17) is 14.2 Å². The molecule has 0 aliphatic carbocycles. The molecule has 5 heteroatoms. The van der Waals surface area contributed by atoms with E-state index in [1.165, 1.54) is 13.8 Å². The van der Waals surface area contributed by atoms with Gasteiger partial charge in [-0.15, -0.1) is 0 Å². The van der Waals surface area contributed by atoms with Crippen molar-refractivity contribution in [3.63, 3.8) is 0 Å². The largest absolute Gasteiger partial charge is 0.455 e. The molecule has 0 amide bonds. The molecule has 0 spiro atoms. The third-order valence-corrected chi connectivity index (χ3v) is 2.19. The highest BCUT2D eigenvalue weighted by molar-refractivity contribution is 5.82. The van der Waals surface area contributed by atoms with E-state index >= 15 is 0 Å². The number of esters is 1. The lowest BCUT2D eigenvalue weighted by molar-refractivity contribution is -0.153. The van der Waals surface area contributed by atoms with Crippen LogP contribution in [0.1, 0.15) is 33.1 Å². The lowest BCUT2D eigenvalue weighted by Gasteiger charge is -2.16. The highest BCUT2D eigenvalue weighted by atomic mass is 16.7. The molecule has 0 aliphatic heterocycles. The van der Waals surface area contributed by atoms with E-state index in [9.17, 15) is 9.59 Å². The van der Waals surface area contributed by atoms with E-state index in [1.807, 2.05) is 0 Å². The zero-order valence-electron chi connectivity index (χ0n) is 10.3. The first-order chi connectivity index (χ1) is 7.51. The van der Waals surface area contributed by atoms with Gasteiger partial charge in [0, 0.05) is 21.1 Å². The van der Waals surface area contributed by atoms with Crippen molar-refractivity contribution in [1.29, 1.82) is 0 Å². The van der Waals surface area contributed by atoms with Crippen LogP contribution < -0.4 is 0 Å². The summed E-state index contributed by atoms with van der Waals surface area (Å²) in [5, 5.41) is 0. The Labute approximate surface area is 96.1 Å². The van der Waals surface area contributed by atoms with Crippen molar-refractivity contribution in [3.05, 3.63) is 0 Å². The Morgan fingerprint density at radius 1 is 1.06 bits per heavy atom. The Balaban J connectivity index is 3.93. The number of ketones is 1. The number of ether oxygens (including phenoxy) is 3. The average molecular weight is 232 g/mol. The fourth-order valence-corrected chi connectivity index (χ4v) is 1.35. The van der Waals surface area contributed by atoms with Crippen LogP contribution in [0.5, 0.6) is 0 Å². The lowest BCUT2D eigenvalue weighted by atomic mass is 10.1. The van der Waals surface area contributed by atoms with Gasteiger partial charge in [0.25, 0.3) is 0 Å². The highest BCUT2D eigenvalue weighted by Crippen LogP contribution is 2.10. The van der Waals surface area contributed by atoms with Crippen molar-refractivity contribution in [3.8, 4) is 0 Å². The number of hydrogen-bond acceptors (Lipinski definition) is 5. The Bertz CT molecular complexity index is 222. The molecule has 0 fully saturated rings. The summed E-state index contributed by atoms with van der Waals surface area (Å²) in [4.78, 5) is 21.9. The minimum absolute atomic E-state index is 0.137. The molecule has 0 bridgehead atoms. The zero-order valence-corrected chi connectivity index (χ0v) is 10.3. The van der Waals surface area contributed by atoms with Gasteiger partial charge in [-0.1, -0.05) is 0 Å². The molecular weight excluding hydrogens is 212 g/mol. The molecule has 1 unspecified atom stereocenters. The summed E-state index contributed by atoms with van der Waals surface area (Å²) in [6, 6.07) is 0. The van der Waals surface area contributed by atoms with Gasteiger partial charge in [-0.05, 0) is 26.2 Å². The van der Waals surface area contributed by atoms with Gasteiger partial charge in [0.2, 0.25) is 0 Å². The number of methoxy groups -OCH3 is 2. The van der Waals surface area contributed by atoms with Gasteiger partial charge in [-0.3, -0.25) is 9.59 Å². The fraction of sp³-hybridized carbons (Fsp3) is 0.818. The van der Waals surface area contributed by atoms with E-state index in [1.54, 1.807) is 14.2 Å². The van der Waals surface area contributed by atoms with Crippen LogP contribution >= 0.6 is 0 Å². The summed E-state index contributed by atoms with van der Waals surface area (Å²) < 4.78 is 14.9. The fourth-order valence-electron chi connectivity index (χ4n) is 1.35. The molecule has 0 aromatic heterocycles. The van der Waals surface area contributed by atoms with Crippen LogP contribution in [0.15, 0.2) is 0 Å². The van der Waals surface area contributed by atoms with Crippen LogP contribution in [0, 0.1) is 0 Å². The number of carbonyl (C=O) groups is 2. The summed E-state index contributed by atoms with van der Waals surface area (Å²) in [5.41, 5.74) is 0. The monoisotopic (exact) mass is 232 g/mol. The van der Waals surface area contributed by atoms with Crippen LogP contribution in [0.25, 0.3) is 0 Å². The standard InChI is InChI=1S/C11H20O5/c1-8(12)10(16-9(2)13)6-5-7-11(14-3)15-4/h10-11H,5-7H2,1-4H3. The minimum Gasteiger partial charge on any atom is -0.455 e. The third-order valence-electron chi connectivity index (χ3n) is 2.19. The topological polar surface area (TPSA) is 61.8 Å². The van der Waals surface area contributed by atoms with Gasteiger partial charge < -0.3 is 14.2 Å². The number of carbonyl (C=O) groups excluding carboxylic acids is 2. The molecular formula is C11H20O5. The Morgan fingerprint density at radius 2 is 1.62 bits per heavy atom. The van der Waals surface area contributed by atoms with Gasteiger partial charge in [-0.25, -0.2) is 0 Å². The summed E-state index contributed by atoms with van der Waals surface area (Å²) in [6.07, 6.45) is 0.942. The predicted molar refractivity (Wildman–Crippen MR) is 57.9 cm³/mol. The summed E-state index contributed by atoms with van der Waals surface area (Å²) >= 11 is 0. The third kappa shape index (κ3) is 6.53. The molecule has 0 aromatic carbocycles. The van der Waals surface area contributed by atoms with E-state index < -0.39 is 12.1 Å². The molecule has 0 aliphatic rings. The maximum atomic E-state index is 11.2. The molecule has 0 aromatic rings. The Hall–Kier alpha value is -0.940. The lowest BCUT2D eigenvalue weighted by Crippen LogP contribution is -2.24. The second kappa shape index (κ2) is 8.24. The van der Waals surface area contributed by atoms with Gasteiger partial charge in [0.15, 0.2) is 18.2 Å². The molecule has 0 N–H and O–H groups in total. The van der Waals surface area contributed by atoms with Crippen molar-refractivity contribution >= 4 is 11.8 Å². The van der Waals surface area contributed by atoms with Crippen molar-refractivity contribution in [2.45, 2.75) is 45.5 Å². The van der Waals surface area contributed by atoms with Crippen LogP contribution in [-0.4, -0.2) is 38.4 Å². The van der Waals surface area contributed by atoms with Gasteiger partial charge in [0.05, 0.1) is 0 Å². The average Bonchev–Trinajstić information content (AvgIpc) is 2.22. The van der Waals surface area contributed by atoms with Crippen molar-refractivity contribution in [2.75, 3.05) is 14.2 Å². The van der Waals surface area contributed by atoms with Crippen molar-refractivity contribution in [1.82, 2.24) is 0 Å². The predicted octanol–water partition coefficient (Wildman–Crippen LogP) is 1.30. The van der Waals surface area contributed by atoms with Crippen molar-refractivity contribution < 1.29 is 23.8 Å². The zero-order chi connectivity index (χ0) is 12.6. The molecule has 0 saturated carbocycles. The van der Waals surface area contributed by atoms with Gasteiger partial charge in [0.1, 0.15) is 0 Å². The quantitative estimate of drug-likeness (QED) is 0.466. The molecule has 0 heterocycles. The Kier molecular flexibility index (Phi) is 7.76. The van der Waals surface area contributed by atoms with Gasteiger partial charge >= 0.3 is 5.97 Å². The van der Waals surface area contributed by atoms with Crippen LogP contribution in [-0.2, 0) is 23.8 Å². The number of rotatable bonds is 8. The first-order valence-electron chi connectivity index (χ1n) is 5.24. The maximum absolute atomic E-state index is 11.2. The maximum Gasteiger partial charge on any atom is 0.303 e. The van der Waals surface area contributed by atoms with Gasteiger partial charge in [-0.2, -0.15) is 0 Å². The van der Waals surface area contributed by atoms with E-state index in [-0.39, 0.29) is 12.1 Å². The number of hydrogen-bond donors (Lipinski definition) is 0. The summed E-state index contributed by atoms with van der Waals surface area (Å²) in [5.74, 6) is -0.572. The highest BCUT2D eigenvalue weighted by Gasteiger charge is 2.17. The second-order valence-electron chi connectivity index (χ2n) is 3.54. The Morgan fingerprint density at radius 3 is 2.00 bits per heavy atom. The van der Waals surface area contributed by atoms with E-state index in [0.717, 1.165) is 0 Å². The summed E-state index contributed by atoms with van der Waals surface area (Å²) in [7, 11) is 3.12. The SMILES string of the molecule is COC(CCCC(OC(C)=O)C(C)=O)OC. The van der Waals surface area contributed by atoms with Crippen molar-refractivity contribution in [2.24, 2.45) is 0 Å². The van der Waals surface area contributed by atoms with E-state index in [0.29, 0.717) is 19.3 Å². The molecule has 0 rings (SSSR count). The minimum atomic E-state index is -0.646. The molecule has 16 heavy (non-hydrogen) atoms. The second-order valence-corrected chi connectivity index (χ2v) is 3.54. The molecule has 0 radical (unpaired) electrons. The number of Topliss-reactive ketones (excluding diaryl/α,β-unsaturated/α-hetero) is 1. The molecule has 94 valence electrons. The smallest absolute Gasteiger partial charge is 0.303 e. The molecule has 5 nitrogen and oxygen atoms in total. The first kappa shape index (κ1) is 15.1. The van der Waals surface area contributed by atoms with Crippen LogP contribution in [0.4, 0.5) is 0 Å².